The highest BCUT2D eigenvalue weighted by Crippen LogP contribution is 2.20. The molecule has 0 N–H and O–H groups in total. The van der Waals surface area contributed by atoms with Crippen molar-refractivity contribution < 1.29 is 26.1 Å². The van der Waals surface area contributed by atoms with E-state index < -0.39 is 15.6 Å². The van der Waals surface area contributed by atoms with Gasteiger partial charge < -0.3 is 4.55 Å². The summed E-state index contributed by atoms with van der Waals surface area (Å²) in [6.45, 7) is 6.82. The van der Waals surface area contributed by atoms with E-state index in [0.29, 0.717) is 0 Å². The van der Waals surface area contributed by atoms with E-state index in [0.717, 1.165) is 10.9 Å². The van der Waals surface area contributed by atoms with Crippen molar-refractivity contribution in [1.29, 1.82) is 0 Å². The van der Waals surface area contributed by atoms with E-state index >= 15 is 0 Å². The second kappa shape index (κ2) is 7.34. The lowest BCUT2D eigenvalue weighted by Crippen LogP contribution is -2.21. The topological polar surface area (TPSA) is 57.2 Å². The molecule has 0 aromatic rings. The number of hydrogen-bond donors (Lipinski definition) is 0. The van der Waals surface area contributed by atoms with E-state index in [4.69, 9.17) is 13.0 Å². The van der Waals surface area contributed by atoms with Gasteiger partial charge in [-0.15, -0.1) is 0 Å². The molecule has 0 aromatic heterocycles. The lowest BCUT2D eigenvalue weighted by molar-refractivity contribution is -0.0517. The molecule has 0 bridgehead atoms. The molecule has 0 aromatic carbocycles. The first kappa shape index (κ1) is 17.4. The maximum Gasteiger partial charge on any atom is 0.485 e. The molecule has 0 fully saturated rings. The van der Waals surface area contributed by atoms with E-state index in [1.165, 1.54) is 17.3 Å². The van der Waals surface area contributed by atoms with Gasteiger partial charge in [0.1, 0.15) is 17.3 Å². The summed E-state index contributed by atoms with van der Waals surface area (Å²) >= 11 is 0. The first-order chi connectivity index (χ1) is 6.60. The van der Waals surface area contributed by atoms with Crippen LogP contribution in [0.4, 0.5) is 13.2 Å². The minimum atomic E-state index is -6.09. The summed E-state index contributed by atoms with van der Waals surface area (Å²) in [4.78, 5) is 0. The van der Waals surface area contributed by atoms with Crippen molar-refractivity contribution in [3.8, 4) is 0 Å². The average Bonchev–Trinajstić information content (AvgIpc) is 2.05. The maximum absolute atomic E-state index is 10.7. The van der Waals surface area contributed by atoms with Crippen LogP contribution in [-0.2, 0) is 21.0 Å². The normalized spacial score (nSPS) is 12.3. The molecule has 0 unspecified atom stereocenters. The van der Waals surface area contributed by atoms with Crippen LogP contribution in [0.3, 0.4) is 0 Å². The highest BCUT2D eigenvalue weighted by atomic mass is 32.2. The fourth-order valence-corrected chi connectivity index (χ4v) is 1.84. The van der Waals surface area contributed by atoms with Crippen molar-refractivity contribution in [2.75, 3.05) is 17.3 Å². The van der Waals surface area contributed by atoms with Crippen LogP contribution in [0.5, 0.6) is 0 Å². The zero-order chi connectivity index (χ0) is 12.7. The molecule has 0 heterocycles. The summed E-state index contributed by atoms with van der Waals surface area (Å²) in [5.74, 6) is 4.15. The zero-order valence-corrected chi connectivity index (χ0v) is 10.4. The Morgan fingerprint density at radius 2 is 1.27 bits per heavy atom. The van der Waals surface area contributed by atoms with E-state index in [2.05, 4.69) is 20.8 Å². The van der Waals surface area contributed by atoms with Crippen molar-refractivity contribution in [3.63, 3.8) is 0 Å². The van der Waals surface area contributed by atoms with Crippen LogP contribution in [0.25, 0.3) is 0 Å². The monoisotopic (exact) mass is 268 g/mol. The molecule has 8 heteroatoms. The summed E-state index contributed by atoms with van der Waals surface area (Å²) in [7, 11) is -5.34. The Balaban J connectivity index is 0. The third-order valence-corrected chi connectivity index (χ3v) is 4.52. The lowest BCUT2D eigenvalue weighted by atomic mass is 10.9. The van der Waals surface area contributed by atoms with Gasteiger partial charge in [-0.1, -0.05) is 0 Å². The molecule has 0 amide bonds. The predicted octanol–water partition coefficient (Wildman–Crippen LogP) is 1.72. The van der Waals surface area contributed by atoms with Crippen LogP contribution < -0.4 is 0 Å². The second-order valence-electron chi connectivity index (χ2n) is 2.38. The van der Waals surface area contributed by atoms with E-state index in [1.807, 2.05) is 0 Å². The molecule has 0 radical (unpaired) electrons. The predicted molar refractivity (Wildman–Crippen MR) is 54.7 cm³/mol. The van der Waals surface area contributed by atoms with Crippen molar-refractivity contribution in [2.45, 2.75) is 26.3 Å². The fourth-order valence-electron chi connectivity index (χ4n) is 0.612. The van der Waals surface area contributed by atoms with Crippen LogP contribution in [0.15, 0.2) is 0 Å². The molecule has 0 atom stereocenters. The van der Waals surface area contributed by atoms with E-state index in [1.54, 1.807) is 0 Å². The largest absolute Gasteiger partial charge is 0.741 e. The standard InChI is InChI=1S/C6H15S.CHF3O3S/c1-4-7(5-2)6-3;2-1(3,4)8(5,6)7/h4-6H2,1-3H3;(H,5,6,7)/q+1;/p-1. The summed E-state index contributed by atoms with van der Waals surface area (Å²) in [5, 5.41) is 0. The second-order valence-corrected chi connectivity index (χ2v) is 6.71. The Bertz CT molecular complexity index is 239. The SMILES string of the molecule is CC[S+](CC)CC.O=S(=O)([O-])C(F)(F)F. The molecule has 94 valence electrons. The number of alkyl halides is 3. The van der Waals surface area contributed by atoms with Gasteiger partial charge >= 0.3 is 5.51 Å². The van der Waals surface area contributed by atoms with Crippen molar-refractivity contribution in [1.82, 2.24) is 0 Å². The molecular formula is C7H15F3O3S2. The number of halogens is 3. The van der Waals surface area contributed by atoms with Gasteiger partial charge in [0.05, 0.1) is 0 Å². The number of rotatable bonds is 3. The highest BCUT2D eigenvalue weighted by molar-refractivity contribution is 7.96. The van der Waals surface area contributed by atoms with E-state index in [9.17, 15) is 13.2 Å². The van der Waals surface area contributed by atoms with Crippen LogP contribution in [-0.4, -0.2) is 35.7 Å². The third kappa shape index (κ3) is 9.01. The van der Waals surface area contributed by atoms with Gasteiger partial charge in [0.25, 0.3) is 0 Å². The molecule has 0 spiro atoms. The minimum absolute atomic E-state index is 0.755. The van der Waals surface area contributed by atoms with Gasteiger partial charge in [-0.3, -0.25) is 0 Å². The van der Waals surface area contributed by atoms with Crippen molar-refractivity contribution >= 4 is 21.0 Å². The van der Waals surface area contributed by atoms with Crippen molar-refractivity contribution in [2.24, 2.45) is 0 Å². The first-order valence-electron chi connectivity index (χ1n) is 4.26. The summed E-state index contributed by atoms with van der Waals surface area (Å²) in [6.07, 6.45) is 0. The summed E-state index contributed by atoms with van der Waals surface area (Å²) in [5.41, 5.74) is -5.65. The average molecular weight is 268 g/mol. The van der Waals surface area contributed by atoms with Gasteiger partial charge in [-0.2, -0.15) is 13.2 Å². The van der Waals surface area contributed by atoms with Crippen LogP contribution in [0, 0.1) is 0 Å². The molecule has 0 saturated heterocycles. The Kier molecular flexibility index (Phi) is 8.54. The smallest absolute Gasteiger partial charge is 0.485 e. The summed E-state index contributed by atoms with van der Waals surface area (Å²) < 4.78 is 58.9. The molecule has 0 rings (SSSR count). The molecule has 3 nitrogen and oxygen atoms in total. The van der Waals surface area contributed by atoms with Gasteiger partial charge in [0.2, 0.25) is 0 Å². The number of hydrogen-bond acceptors (Lipinski definition) is 3. The third-order valence-electron chi connectivity index (χ3n) is 1.51. The molecular weight excluding hydrogens is 253 g/mol. The molecule has 15 heavy (non-hydrogen) atoms. The summed E-state index contributed by atoms with van der Waals surface area (Å²) in [6, 6.07) is 0. The van der Waals surface area contributed by atoms with Gasteiger partial charge in [-0.25, -0.2) is 8.42 Å². The van der Waals surface area contributed by atoms with Crippen molar-refractivity contribution in [3.05, 3.63) is 0 Å². The quantitative estimate of drug-likeness (QED) is 0.445. The fraction of sp³-hybridized carbons (Fsp3) is 1.00. The molecule has 0 aliphatic heterocycles. The molecule has 0 aliphatic rings. The first-order valence-corrected chi connectivity index (χ1v) is 7.40. The Hall–Kier alpha value is 0.0500. The Morgan fingerprint density at radius 1 is 1.07 bits per heavy atom. The minimum Gasteiger partial charge on any atom is -0.741 e. The van der Waals surface area contributed by atoms with Crippen LogP contribution in [0.1, 0.15) is 20.8 Å². The van der Waals surface area contributed by atoms with Gasteiger partial charge in [0, 0.05) is 0 Å². The Labute approximate surface area is 91.2 Å². The maximum atomic E-state index is 10.7. The van der Waals surface area contributed by atoms with E-state index in [-0.39, 0.29) is 0 Å². The zero-order valence-electron chi connectivity index (χ0n) is 8.80. The highest BCUT2D eigenvalue weighted by Gasteiger charge is 2.36. The van der Waals surface area contributed by atoms with Crippen LogP contribution in [0.2, 0.25) is 0 Å². The van der Waals surface area contributed by atoms with Gasteiger partial charge in [0.15, 0.2) is 10.1 Å². The van der Waals surface area contributed by atoms with Crippen LogP contribution >= 0.6 is 0 Å². The van der Waals surface area contributed by atoms with Gasteiger partial charge in [-0.05, 0) is 31.7 Å². The Morgan fingerprint density at radius 3 is 1.27 bits per heavy atom. The lowest BCUT2D eigenvalue weighted by Gasteiger charge is -2.08. The molecule has 0 saturated carbocycles. The molecule has 0 aliphatic carbocycles.